The number of benzene rings is 1. The summed E-state index contributed by atoms with van der Waals surface area (Å²) in [6.07, 6.45) is 3.23. The van der Waals surface area contributed by atoms with Crippen LogP contribution in [0, 0.1) is 12.8 Å². The second kappa shape index (κ2) is 7.43. The fourth-order valence-electron chi connectivity index (χ4n) is 2.86. The lowest BCUT2D eigenvalue weighted by Crippen LogP contribution is -2.17. The highest BCUT2D eigenvalue weighted by Gasteiger charge is 2.29. The van der Waals surface area contributed by atoms with E-state index in [-0.39, 0.29) is 29.8 Å². The number of hydrogen-bond acceptors (Lipinski definition) is 5. The van der Waals surface area contributed by atoms with Gasteiger partial charge < -0.3 is 5.32 Å². The maximum absolute atomic E-state index is 12.1. The van der Waals surface area contributed by atoms with Gasteiger partial charge in [-0.05, 0) is 36.5 Å². The van der Waals surface area contributed by atoms with E-state index in [1.807, 2.05) is 25.1 Å². The topological polar surface area (TPSA) is 76.1 Å². The van der Waals surface area contributed by atoms with E-state index in [1.165, 1.54) is 11.3 Å². The lowest BCUT2D eigenvalue weighted by Gasteiger charge is -2.06. The zero-order chi connectivity index (χ0) is 18.0. The summed E-state index contributed by atoms with van der Waals surface area (Å²) in [7, 11) is -2.95. The molecular formula is C17H19ClN2O3S2. The number of carbonyl (C=O) groups excluding carboxylic acids is 1. The molecule has 1 N–H and O–H groups in total. The summed E-state index contributed by atoms with van der Waals surface area (Å²) in [5.74, 6) is 0.0314. The normalized spacial score (nSPS) is 19.0. The molecule has 134 valence electrons. The largest absolute Gasteiger partial charge is 0.302 e. The Bertz CT molecular complexity index is 893. The number of aryl methyl sites for hydroxylation is 1. The SMILES string of the molecule is Cc1ccc(Cc2cnc(NC(=O)CC3CCS(=O)(=O)C3)s2)cc1Cl. The van der Waals surface area contributed by atoms with Gasteiger partial charge in [0.25, 0.3) is 0 Å². The molecule has 0 aliphatic carbocycles. The fraction of sp³-hybridized carbons (Fsp3) is 0.412. The predicted octanol–water partition coefficient (Wildman–Crippen LogP) is 3.46. The Kier molecular flexibility index (Phi) is 5.46. The van der Waals surface area contributed by atoms with Gasteiger partial charge in [0.15, 0.2) is 15.0 Å². The smallest absolute Gasteiger partial charge is 0.226 e. The first-order chi connectivity index (χ1) is 11.8. The third kappa shape index (κ3) is 5.03. The van der Waals surface area contributed by atoms with Gasteiger partial charge >= 0.3 is 0 Å². The van der Waals surface area contributed by atoms with E-state index in [9.17, 15) is 13.2 Å². The lowest BCUT2D eigenvalue weighted by molar-refractivity contribution is -0.116. The number of amides is 1. The van der Waals surface area contributed by atoms with Crippen LogP contribution in [0.3, 0.4) is 0 Å². The van der Waals surface area contributed by atoms with Crippen molar-refractivity contribution in [1.82, 2.24) is 4.98 Å². The molecule has 1 fully saturated rings. The van der Waals surface area contributed by atoms with Crippen molar-refractivity contribution < 1.29 is 13.2 Å². The number of nitrogens with zero attached hydrogens (tertiary/aromatic N) is 1. The molecule has 1 unspecified atom stereocenters. The van der Waals surface area contributed by atoms with E-state index < -0.39 is 9.84 Å². The molecule has 1 aromatic carbocycles. The van der Waals surface area contributed by atoms with Crippen LogP contribution in [-0.4, -0.2) is 30.8 Å². The van der Waals surface area contributed by atoms with E-state index >= 15 is 0 Å². The summed E-state index contributed by atoms with van der Waals surface area (Å²) in [6, 6.07) is 5.95. The average molecular weight is 399 g/mol. The minimum atomic E-state index is -2.95. The maximum atomic E-state index is 12.1. The molecule has 0 saturated carbocycles. The van der Waals surface area contributed by atoms with Crippen molar-refractivity contribution in [2.45, 2.75) is 26.2 Å². The zero-order valence-electron chi connectivity index (χ0n) is 13.8. The molecule has 1 amide bonds. The molecule has 8 heteroatoms. The van der Waals surface area contributed by atoms with Crippen LogP contribution < -0.4 is 5.32 Å². The molecule has 0 spiro atoms. The van der Waals surface area contributed by atoms with Gasteiger partial charge in [0, 0.05) is 28.9 Å². The first-order valence-electron chi connectivity index (χ1n) is 8.01. The average Bonchev–Trinajstić information content (AvgIpc) is 3.09. The predicted molar refractivity (Wildman–Crippen MR) is 101 cm³/mol. The van der Waals surface area contributed by atoms with Crippen molar-refractivity contribution in [2.24, 2.45) is 5.92 Å². The molecule has 0 radical (unpaired) electrons. The van der Waals surface area contributed by atoms with Gasteiger partial charge in [-0.1, -0.05) is 23.7 Å². The molecule has 5 nitrogen and oxygen atoms in total. The maximum Gasteiger partial charge on any atom is 0.226 e. The van der Waals surface area contributed by atoms with Crippen LogP contribution in [0.5, 0.6) is 0 Å². The van der Waals surface area contributed by atoms with E-state index in [0.29, 0.717) is 18.0 Å². The highest BCUT2D eigenvalue weighted by molar-refractivity contribution is 7.91. The molecule has 25 heavy (non-hydrogen) atoms. The van der Waals surface area contributed by atoms with E-state index in [1.54, 1.807) is 6.20 Å². The lowest BCUT2D eigenvalue weighted by atomic mass is 10.1. The number of carbonyl (C=O) groups is 1. The Balaban J connectivity index is 1.56. The van der Waals surface area contributed by atoms with Crippen molar-refractivity contribution in [1.29, 1.82) is 0 Å². The van der Waals surface area contributed by atoms with Crippen molar-refractivity contribution in [3.05, 3.63) is 45.4 Å². The number of rotatable bonds is 5. The van der Waals surface area contributed by atoms with Crippen molar-refractivity contribution >= 4 is 43.8 Å². The first kappa shape index (κ1) is 18.4. The number of thiazole rings is 1. The fourth-order valence-corrected chi connectivity index (χ4v) is 5.79. The second-order valence-corrected chi connectivity index (χ2v) is 10.2. The van der Waals surface area contributed by atoms with E-state index in [2.05, 4.69) is 10.3 Å². The van der Waals surface area contributed by atoms with Crippen LogP contribution in [0.1, 0.15) is 28.8 Å². The standard InChI is InChI=1S/C17H19ClN2O3S2/c1-11-2-3-12(7-15(11)18)6-14-9-19-17(24-14)20-16(21)8-13-4-5-25(22,23)10-13/h2-3,7,9,13H,4-6,8,10H2,1H3,(H,19,20,21). The highest BCUT2D eigenvalue weighted by Crippen LogP contribution is 2.25. The summed E-state index contributed by atoms with van der Waals surface area (Å²) in [5, 5.41) is 4.05. The van der Waals surface area contributed by atoms with E-state index in [0.717, 1.165) is 21.0 Å². The summed E-state index contributed by atoms with van der Waals surface area (Å²) >= 11 is 7.56. The highest BCUT2D eigenvalue weighted by atomic mass is 35.5. The summed E-state index contributed by atoms with van der Waals surface area (Å²) in [6.45, 7) is 1.96. The molecule has 0 bridgehead atoms. The molecule has 3 rings (SSSR count). The molecule has 1 aliphatic heterocycles. The minimum Gasteiger partial charge on any atom is -0.302 e. The molecule has 2 aromatic rings. The van der Waals surface area contributed by atoms with Gasteiger partial charge in [-0.25, -0.2) is 13.4 Å². The third-order valence-corrected chi connectivity index (χ3v) is 7.37. The Hall–Kier alpha value is -1.44. The Morgan fingerprint density at radius 3 is 2.92 bits per heavy atom. The molecule has 2 heterocycles. The monoisotopic (exact) mass is 398 g/mol. The molecule has 1 aliphatic rings. The number of anilines is 1. The zero-order valence-corrected chi connectivity index (χ0v) is 16.2. The van der Waals surface area contributed by atoms with Crippen LogP contribution in [0.25, 0.3) is 0 Å². The molecule has 1 atom stereocenters. The molecule has 1 saturated heterocycles. The number of sulfone groups is 1. The van der Waals surface area contributed by atoms with Crippen molar-refractivity contribution in [3.63, 3.8) is 0 Å². The number of hydrogen-bond donors (Lipinski definition) is 1. The van der Waals surface area contributed by atoms with Crippen molar-refractivity contribution in [2.75, 3.05) is 16.8 Å². The number of nitrogens with one attached hydrogen (secondary N) is 1. The quantitative estimate of drug-likeness (QED) is 0.836. The van der Waals surface area contributed by atoms with Gasteiger partial charge in [0.05, 0.1) is 11.5 Å². The third-order valence-electron chi connectivity index (χ3n) is 4.22. The van der Waals surface area contributed by atoms with Crippen molar-refractivity contribution in [3.8, 4) is 0 Å². The number of aromatic nitrogens is 1. The molecule has 1 aromatic heterocycles. The minimum absolute atomic E-state index is 0.0841. The van der Waals surface area contributed by atoms with Gasteiger partial charge in [0.2, 0.25) is 5.91 Å². The first-order valence-corrected chi connectivity index (χ1v) is 11.0. The Morgan fingerprint density at radius 2 is 2.24 bits per heavy atom. The van der Waals surface area contributed by atoms with Gasteiger partial charge in [-0.3, -0.25) is 4.79 Å². The second-order valence-electron chi connectivity index (χ2n) is 6.41. The van der Waals surface area contributed by atoms with Gasteiger partial charge in [0.1, 0.15) is 0 Å². The number of halogens is 1. The van der Waals surface area contributed by atoms with Gasteiger partial charge in [-0.2, -0.15) is 0 Å². The van der Waals surface area contributed by atoms with Crippen LogP contribution in [0.15, 0.2) is 24.4 Å². The van der Waals surface area contributed by atoms with Crippen LogP contribution in [0.4, 0.5) is 5.13 Å². The van der Waals surface area contributed by atoms with E-state index in [4.69, 9.17) is 11.6 Å². The summed E-state index contributed by atoms with van der Waals surface area (Å²) < 4.78 is 22.9. The Morgan fingerprint density at radius 1 is 1.44 bits per heavy atom. The molecular weight excluding hydrogens is 380 g/mol. The van der Waals surface area contributed by atoms with Gasteiger partial charge in [-0.15, -0.1) is 11.3 Å². The summed E-state index contributed by atoms with van der Waals surface area (Å²) in [5.41, 5.74) is 2.13. The van der Waals surface area contributed by atoms with Crippen LogP contribution in [0.2, 0.25) is 5.02 Å². The Labute approximate surface area is 156 Å². The summed E-state index contributed by atoms with van der Waals surface area (Å²) in [4.78, 5) is 17.3. The van der Waals surface area contributed by atoms with Crippen LogP contribution >= 0.6 is 22.9 Å². The van der Waals surface area contributed by atoms with Crippen LogP contribution in [-0.2, 0) is 21.1 Å².